The van der Waals surface area contributed by atoms with Crippen LogP contribution < -0.4 is 4.74 Å². The molecule has 6 heteroatoms. The van der Waals surface area contributed by atoms with Crippen LogP contribution in [0, 0.1) is 5.82 Å². The van der Waals surface area contributed by atoms with E-state index in [9.17, 15) is 9.18 Å². The molecular weight excluding hydrogens is 397 g/mol. The van der Waals surface area contributed by atoms with Crippen molar-refractivity contribution < 1.29 is 23.4 Å². The topological polar surface area (TPSA) is 48.0 Å². The van der Waals surface area contributed by atoms with Gasteiger partial charge in [-0.15, -0.1) is 0 Å². The van der Waals surface area contributed by atoms with Crippen molar-refractivity contribution in [2.45, 2.75) is 50.4 Å². The van der Waals surface area contributed by atoms with Crippen molar-refractivity contribution in [3.63, 3.8) is 0 Å². The van der Waals surface area contributed by atoms with E-state index in [0.29, 0.717) is 19.7 Å². The minimum absolute atomic E-state index is 0.00209. The summed E-state index contributed by atoms with van der Waals surface area (Å²) in [5, 5.41) is 0. The maximum absolute atomic E-state index is 14.1. The van der Waals surface area contributed by atoms with Crippen molar-refractivity contribution >= 4 is 5.91 Å². The molecule has 4 rings (SSSR count). The normalized spacial score (nSPS) is 23.0. The number of para-hydroxylation sites is 1. The van der Waals surface area contributed by atoms with Gasteiger partial charge in [-0.25, -0.2) is 4.39 Å². The molecule has 0 N–H and O–H groups in total. The van der Waals surface area contributed by atoms with Crippen LogP contribution >= 0.6 is 0 Å². The first-order chi connectivity index (χ1) is 15.0. The molecule has 2 aromatic rings. The lowest BCUT2D eigenvalue weighted by Gasteiger charge is -2.48. The first kappa shape index (κ1) is 21.8. The summed E-state index contributed by atoms with van der Waals surface area (Å²) in [6.07, 6.45) is 3.23. The molecule has 1 spiro atoms. The van der Waals surface area contributed by atoms with Crippen molar-refractivity contribution in [1.29, 1.82) is 0 Å². The van der Waals surface area contributed by atoms with Crippen LogP contribution in [0.2, 0.25) is 0 Å². The molecule has 2 atom stereocenters. The second-order valence-electron chi connectivity index (χ2n) is 8.33. The van der Waals surface area contributed by atoms with Gasteiger partial charge in [-0.1, -0.05) is 36.4 Å². The number of benzene rings is 2. The Morgan fingerprint density at radius 1 is 1.16 bits per heavy atom. The summed E-state index contributed by atoms with van der Waals surface area (Å²) in [4.78, 5) is 14.8. The van der Waals surface area contributed by atoms with Gasteiger partial charge in [0.15, 0.2) is 11.6 Å². The van der Waals surface area contributed by atoms with Gasteiger partial charge in [0, 0.05) is 32.5 Å². The third-order valence-corrected chi connectivity index (χ3v) is 6.41. The van der Waals surface area contributed by atoms with Gasteiger partial charge in [0.1, 0.15) is 0 Å². The third kappa shape index (κ3) is 4.60. The van der Waals surface area contributed by atoms with Gasteiger partial charge in [-0.2, -0.15) is 0 Å². The summed E-state index contributed by atoms with van der Waals surface area (Å²) in [6, 6.07) is 14.7. The maximum atomic E-state index is 14.1. The van der Waals surface area contributed by atoms with Crippen LogP contribution in [0.1, 0.15) is 54.6 Å². The zero-order chi connectivity index (χ0) is 21.8. The second kappa shape index (κ2) is 9.37. The number of carbonyl (C=O) groups is 1. The molecule has 31 heavy (non-hydrogen) atoms. The predicted molar refractivity (Wildman–Crippen MR) is 116 cm³/mol. The highest BCUT2D eigenvalue weighted by Gasteiger charge is 2.45. The van der Waals surface area contributed by atoms with Crippen LogP contribution in [0.5, 0.6) is 5.75 Å². The van der Waals surface area contributed by atoms with E-state index in [4.69, 9.17) is 14.2 Å². The molecule has 0 radical (unpaired) electrons. The van der Waals surface area contributed by atoms with E-state index in [1.165, 1.54) is 19.2 Å². The Bertz CT molecular complexity index is 896. The van der Waals surface area contributed by atoms with E-state index in [1.807, 2.05) is 25.1 Å². The number of hydrogen-bond donors (Lipinski definition) is 0. The standard InChI is InChI=1S/C25H30FNO4/c1-3-30-19-16-22(18-8-5-4-6-9-18)31-25(17-19)12-14-27(15-13-25)24(28)20-10-7-11-21(26)23(20)29-2/h4-11,19,22H,3,12-17H2,1-2H3/t19-,22-/m0/s1. The van der Waals surface area contributed by atoms with Crippen molar-refractivity contribution in [2.75, 3.05) is 26.8 Å². The molecule has 2 aliphatic rings. The SMILES string of the molecule is CCO[C@H]1C[C@@H](c2ccccc2)OC2(CCN(C(=O)c3cccc(F)c3OC)CC2)C1. The summed E-state index contributed by atoms with van der Waals surface area (Å²) in [6.45, 7) is 3.80. The number of methoxy groups -OCH3 is 1. The Kier molecular flexibility index (Phi) is 6.58. The van der Waals surface area contributed by atoms with Crippen LogP contribution in [-0.2, 0) is 9.47 Å². The summed E-state index contributed by atoms with van der Waals surface area (Å²) in [5.74, 6) is -0.729. The fraction of sp³-hybridized carbons (Fsp3) is 0.480. The number of nitrogens with zero attached hydrogens (tertiary/aromatic N) is 1. The number of piperidine rings is 1. The van der Waals surface area contributed by atoms with E-state index in [-0.39, 0.29) is 35.0 Å². The van der Waals surface area contributed by atoms with Crippen LogP contribution in [-0.4, -0.2) is 49.3 Å². The zero-order valence-corrected chi connectivity index (χ0v) is 18.2. The molecule has 0 unspecified atom stereocenters. The minimum atomic E-state index is -0.525. The molecule has 2 aromatic carbocycles. The predicted octanol–water partition coefficient (Wildman–Crippen LogP) is 4.77. The maximum Gasteiger partial charge on any atom is 0.257 e. The number of halogens is 1. The Labute approximate surface area is 183 Å². The molecule has 2 aliphatic heterocycles. The summed E-state index contributed by atoms with van der Waals surface area (Å²) >= 11 is 0. The van der Waals surface area contributed by atoms with Crippen LogP contribution in [0.3, 0.4) is 0 Å². The zero-order valence-electron chi connectivity index (χ0n) is 18.2. The number of ether oxygens (including phenoxy) is 3. The van der Waals surface area contributed by atoms with Gasteiger partial charge < -0.3 is 19.1 Å². The third-order valence-electron chi connectivity index (χ3n) is 6.41. The fourth-order valence-corrected chi connectivity index (χ4v) is 4.86. The highest BCUT2D eigenvalue weighted by Crippen LogP contribution is 2.44. The molecular formula is C25H30FNO4. The minimum Gasteiger partial charge on any atom is -0.493 e. The Morgan fingerprint density at radius 3 is 2.58 bits per heavy atom. The van der Waals surface area contributed by atoms with Gasteiger partial charge >= 0.3 is 0 Å². The quantitative estimate of drug-likeness (QED) is 0.690. The Morgan fingerprint density at radius 2 is 1.90 bits per heavy atom. The molecule has 0 aromatic heterocycles. The first-order valence-electron chi connectivity index (χ1n) is 11.0. The number of likely N-dealkylation sites (tertiary alicyclic amines) is 1. The van der Waals surface area contributed by atoms with Gasteiger partial charge in [-0.05, 0) is 37.5 Å². The molecule has 2 heterocycles. The van der Waals surface area contributed by atoms with E-state index in [1.54, 1.807) is 11.0 Å². The molecule has 0 bridgehead atoms. The van der Waals surface area contributed by atoms with Crippen molar-refractivity contribution in [2.24, 2.45) is 0 Å². The monoisotopic (exact) mass is 427 g/mol. The molecule has 166 valence electrons. The van der Waals surface area contributed by atoms with Gasteiger partial charge in [-0.3, -0.25) is 4.79 Å². The Balaban J connectivity index is 1.49. The number of rotatable bonds is 5. The largest absolute Gasteiger partial charge is 0.493 e. The van der Waals surface area contributed by atoms with E-state index in [0.717, 1.165) is 31.2 Å². The van der Waals surface area contributed by atoms with Gasteiger partial charge in [0.2, 0.25) is 0 Å². The van der Waals surface area contributed by atoms with Gasteiger partial charge in [0.25, 0.3) is 5.91 Å². The lowest BCUT2D eigenvalue weighted by Crippen LogP contribution is -2.52. The molecule has 1 amide bonds. The van der Waals surface area contributed by atoms with Crippen molar-refractivity contribution in [1.82, 2.24) is 4.90 Å². The highest BCUT2D eigenvalue weighted by molar-refractivity contribution is 5.97. The molecule has 2 fully saturated rings. The molecule has 0 aliphatic carbocycles. The second-order valence-corrected chi connectivity index (χ2v) is 8.33. The highest BCUT2D eigenvalue weighted by atomic mass is 19.1. The van der Waals surface area contributed by atoms with Crippen LogP contribution in [0.15, 0.2) is 48.5 Å². The lowest BCUT2D eigenvalue weighted by atomic mass is 9.80. The Hall–Kier alpha value is -2.44. The van der Waals surface area contributed by atoms with Crippen LogP contribution in [0.4, 0.5) is 4.39 Å². The average Bonchev–Trinajstić information content (AvgIpc) is 2.79. The van der Waals surface area contributed by atoms with E-state index >= 15 is 0 Å². The van der Waals surface area contributed by atoms with Crippen LogP contribution in [0.25, 0.3) is 0 Å². The summed E-state index contributed by atoms with van der Waals surface area (Å²) in [5.41, 5.74) is 1.10. The van der Waals surface area contributed by atoms with Crippen molar-refractivity contribution in [3.05, 3.63) is 65.5 Å². The van der Waals surface area contributed by atoms with E-state index < -0.39 is 5.82 Å². The molecule has 5 nitrogen and oxygen atoms in total. The fourth-order valence-electron chi connectivity index (χ4n) is 4.86. The lowest BCUT2D eigenvalue weighted by molar-refractivity contribution is -0.190. The first-order valence-corrected chi connectivity index (χ1v) is 11.0. The van der Waals surface area contributed by atoms with Crippen molar-refractivity contribution in [3.8, 4) is 5.75 Å². The summed E-state index contributed by atoms with van der Waals surface area (Å²) in [7, 11) is 1.38. The number of carbonyl (C=O) groups excluding carboxylic acids is 1. The number of amides is 1. The van der Waals surface area contributed by atoms with E-state index in [2.05, 4.69) is 12.1 Å². The average molecular weight is 428 g/mol. The number of hydrogen-bond acceptors (Lipinski definition) is 4. The smallest absolute Gasteiger partial charge is 0.257 e. The molecule has 2 saturated heterocycles. The summed E-state index contributed by atoms with van der Waals surface area (Å²) < 4.78 is 31.9. The molecule has 0 saturated carbocycles. The van der Waals surface area contributed by atoms with Gasteiger partial charge in [0.05, 0.1) is 30.5 Å².